The highest BCUT2D eigenvalue weighted by Gasteiger charge is 2.30. The highest BCUT2D eigenvalue weighted by molar-refractivity contribution is 5.83. The number of benzene rings is 2. The average Bonchev–Trinajstić information content (AvgIpc) is 3.30. The molecule has 120 valence electrons. The number of carbonyl (C=O) groups excluding carboxylic acids is 1. The molecule has 1 atom stereocenters. The summed E-state index contributed by atoms with van der Waals surface area (Å²) in [6, 6.07) is 16.2. The Morgan fingerprint density at radius 3 is 2.75 bits per heavy atom. The zero-order chi connectivity index (χ0) is 16.5. The van der Waals surface area contributed by atoms with E-state index in [4.69, 9.17) is 5.26 Å². The first-order valence-electron chi connectivity index (χ1n) is 8.39. The molecule has 0 aromatic heterocycles. The molecule has 0 aliphatic carbocycles. The predicted octanol–water partition coefficient (Wildman–Crippen LogP) is 2.82. The van der Waals surface area contributed by atoms with Gasteiger partial charge in [0.1, 0.15) is 0 Å². The molecule has 24 heavy (non-hydrogen) atoms. The van der Waals surface area contributed by atoms with E-state index < -0.39 is 0 Å². The second-order valence-corrected chi connectivity index (χ2v) is 6.52. The van der Waals surface area contributed by atoms with Gasteiger partial charge in [-0.3, -0.25) is 4.79 Å². The second kappa shape index (κ2) is 6.10. The first-order valence-corrected chi connectivity index (χ1v) is 8.39. The van der Waals surface area contributed by atoms with Gasteiger partial charge in [0.2, 0.25) is 5.91 Å². The van der Waals surface area contributed by atoms with Gasteiger partial charge in [-0.1, -0.05) is 24.3 Å². The Morgan fingerprint density at radius 1 is 1.12 bits per heavy atom. The van der Waals surface area contributed by atoms with E-state index in [0.717, 1.165) is 30.5 Å². The summed E-state index contributed by atoms with van der Waals surface area (Å²) in [5.41, 5.74) is 5.23. The number of amides is 1. The molecule has 2 aromatic carbocycles. The molecule has 0 radical (unpaired) electrons. The Bertz CT molecular complexity index is 831. The zero-order valence-electron chi connectivity index (χ0n) is 13.5. The van der Waals surface area contributed by atoms with Gasteiger partial charge in [0, 0.05) is 13.1 Å². The van der Waals surface area contributed by atoms with Crippen molar-refractivity contribution in [1.29, 1.82) is 5.26 Å². The van der Waals surface area contributed by atoms with E-state index in [-0.39, 0.29) is 11.9 Å². The summed E-state index contributed by atoms with van der Waals surface area (Å²) in [5.74, 6) is 0.219. The lowest BCUT2D eigenvalue weighted by Gasteiger charge is -2.19. The number of hydrogen-bond donors (Lipinski definition) is 1. The van der Waals surface area contributed by atoms with Crippen molar-refractivity contribution in [2.45, 2.75) is 32.0 Å². The molecule has 1 amide bonds. The fourth-order valence-corrected chi connectivity index (χ4v) is 3.61. The lowest BCUT2D eigenvalue weighted by Crippen LogP contribution is -2.40. The van der Waals surface area contributed by atoms with Crippen molar-refractivity contribution in [1.82, 2.24) is 10.2 Å². The molecule has 0 spiro atoms. The van der Waals surface area contributed by atoms with Crippen LogP contribution in [0.15, 0.2) is 42.5 Å². The van der Waals surface area contributed by atoms with E-state index in [0.29, 0.717) is 18.7 Å². The molecule has 4 heteroatoms. The van der Waals surface area contributed by atoms with Crippen LogP contribution in [0, 0.1) is 11.3 Å². The third-order valence-corrected chi connectivity index (χ3v) is 4.92. The van der Waals surface area contributed by atoms with Crippen LogP contribution in [0.1, 0.15) is 29.5 Å². The quantitative estimate of drug-likeness (QED) is 0.926. The lowest BCUT2D eigenvalue weighted by atomic mass is 9.99. The van der Waals surface area contributed by atoms with Crippen molar-refractivity contribution in [3.63, 3.8) is 0 Å². The average molecular weight is 317 g/mol. The Hall–Kier alpha value is -2.64. The molecule has 1 unspecified atom stereocenters. The van der Waals surface area contributed by atoms with E-state index in [1.165, 1.54) is 11.1 Å². The minimum absolute atomic E-state index is 0.00825. The molecule has 1 saturated heterocycles. The van der Waals surface area contributed by atoms with Crippen LogP contribution in [0.4, 0.5) is 0 Å². The molecule has 1 N–H and O–H groups in total. The molecule has 2 aliphatic rings. The third-order valence-electron chi connectivity index (χ3n) is 4.92. The lowest BCUT2D eigenvalue weighted by molar-refractivity contribution is -0.133. The largest absolute Gasteiger partial charge is 0.333 e. The monoisotopic (exact) mass is 317 g/mol. The van der Waals surface area contributed by atoms with Gasteiger partial charge in [-0.2, -0.15) is 5.26 Å². The van der Waals surface area contributed by atoms with Gasteiger partial charge >= 0.3 is 0 Å². The third kappa shape index (κ3) is 2.68. The maximum atomic E-state index is 12.6. The summed E-state index contributed by atoms with van der Waals surface area (Å²) < 4.78 is 0. The first-order chi connectivity index (χ1) is 11.7. The standard InChI is InChI=1S/C20H19N3O/c21-11-14-3-1-4-15(9-14)16-6-7-17-12-23(13-18(17)10-16)20(24)19-5-2-8-22-19/h1,3-4,6-7,9-10,19,22H,2,5,8,12-13H2. The van der Waals surface area contributed by atoms with Crippen LogP contribution in [0.25, 0.3) is 11.1 Å². The minimum Gasteiger partial charge on any atom is -0.333 e. The molecule has 2 aromatic rings. The number of nitriles is 1. The number of hydrogen-bond acceptors (Lipinski definition) is 3. The van der Waals surface area contributed by atoms with Gasteiger partial charge in [-0.25, -0.2) is 0 Å². The maximum absolute atomic E-state index is 12.6. The number of carbonyl (C=O) groups is 1. The van der Waals surface area contributed by atoms with E-state index in [1.807, 2.05) is 29.2 Å². The molecule has 4 rings (SSSR count). The van der Waals surface area contributed by atoms with Crippen molar-refractivity contribution >= 4 is 5.91 Å². The number of nitrogens with one attached hydrogen (secondary N) is 1. The Morgan fingerprint density at radius 2 is 1.96 bits per heavy atom. The summed E-state index contributed by atoms with van der Waals surface area (Å²) in [6.07, 6.45) is 2.02. The normalized spacial score (nSPS) is 19.1. The maximum Gasteiger partial charge on any atom is 0.240 e. The fraction of sp³-hybridized carbons (Fsp3) is 0.300. The molecular formula is C20H19N3O. The van der Waals surface area contributed by atoms with Gasteiger partial charge in [-0.15, -0.1) is 0 Å². The van der Waals surface area contributed by atoms with Crippen LogP contribution in [0.5, 0.6) is 0 Å². The van der Waals surface area contributed by atoms with E-state index in [2.05, 4.69) is 29.6 Å². The predicted molar refractivity (Wildman–Crippen MR) is 91.9 cm³/mol. The Kier molecular flexibility index (Phi) is 3.79. The summed E-state index contributed by atoms with van der Waals surface area (Å²) in [5, 5.41) is 12.4. The smallest absolute Gasteiger partial charge is 0.240 e. The van der Waals surface area contributed by atoms with E-state index in [9.17, 15) is 4.79 Å². The summed E-state index contributed by atoms with van der Waals surface area (Å²) in [4.78, 5) is 14.5. The number of rotatable bonds is 2. The van der Waals surface area contributed by atoms with Gasteiger partial charge in [0.05, 0.1) is 17.7 Å². The van der Waals surface area contributed by atoms with Crippen molar-refractivity contribution in [3.05, 3.63) is 59.2 Å². The molecule has 0 bridgehead atoms. The molecular weight excluding hydrogens is 298 g/mol. The Labute approximate surface area is 141 Å². The van der Waals surface area contributed by atoms with Crippen LogP contribution >= 0.6 is 0 Å². The van der Waals surface area contributed by atoms with Crippen molar-refractivity contribution in [2.75, 3.05) is 6.54 Å². The fourth-order valence-electron chi connectivity index (χ4n) is 3.61. The molecule has 4 nitrogen and oxygen atoms in total. The summed E-state index contributed by atoms with van der Waals surface area (Å²) in [7, 11) is 0. The zero-order valence-corrected chi connectivity index (χ0v) is 13.5. The van der Waals surface area contributed by atoms with E-state index in [1.54, 1.807) is 0 Å². The summed E-state index contributed by atoms with van der Waals surface area (Å²) >= 11 is 0. The van der Waals surface area contributed by atoms with Crippen molar-refractivity contribution in [3.8, 4) is 17.2 Å². The van der Waals surface area contributed by atoms with Crippen LogP contribution in [0.3, 0.4) is 0 Å². The van der Waals surface area contributed by atoms with Gasteiger partial charge in [0.25, 0.3) is 0 Å². The molecule has 2 aliphatic heterocycles. The van der Waals surface area contributed by atoms with Crippen LogP contribution in [0.2, 0.25) is 0 Å². The van der Waals surface area contributed by atoms with Gasteiger partial charge in [0.15, 0.2) is 0 Å². The highest BCUT2D eigenvalue weighted by Crippen LogP contribution is 2.29. The summed E-state index contributed by atoms with van der Waals surface area (Å²) in [6.45, 7) is 2.32. The van der Waals surface area contributed by atoms with Crippen molar-refractivity contribution < 1.29 is 4.79 Å². The SMILES string of the molecule is N#Cc1cccc(-c2ccc3c(c2)CN(C(=O)C2CCCN2)C3)c1. The molecule has 2 heterocycles. The van der Waals surface area contributed by atoms with Crippen molar-refractivity contribution in [2.24, 2.45) is 0 Å². The highest BCUT2D eigenvalue weighted by atomic mass is 16.2. The molecule has 0 saturated carbocycles. The Balaban J connectivity index is 1.57. The first kappa shape index (κ1) is 14.9. The number of fused-ring (bicyclic) bond motifs is 1. The minimum atomic E-state index is -0.00825. The van der Waals surface area contributed by atoms with Gasteiger partial charge < -0.3 is 10.2 Å². The topological polar surface area (TPSA) is 56.1 Å². The molecule has 1 fully saturated rings. The van der Waals surface area contributed by atoms with Crippen LogP contribution in [-0.4, -0.2) is 23.4 Å². The number of nitrogens with zero attached hydrogens (tertiary/aromatic N) is 2. The second-order valence-electron chi connectivity index (χ2n) is 6.52. The van der Waals surface area contributed by atoms with Gasteiger partial charge in [-0.05, 0) is 59.8 Å². The van der Waals surface area contributed by atoms with Crippen LogP contribution < -0.4 is 5.32 Å². The van der Waals surface area contributed by atoms with Crippen LogP contribution in [-0.2, 0) is 17.9 Å². The van der Waals surface area contributed by atoms with E-state index >= 15 is 0 Å².